The Morgan fingerprint density at radius 2 is 2.00 bits per heavy atom. The van der Waals surface area contributed by atoms with Gasteiger partial charge in [0, 0.05) is 19.4 Å². The van der Waals surface area contributed by atoms with E-state index >= 15 is 0 Å². The molecule has 0 amide bonds. The largest absolute Gasteiger partial charge is 0.454 e. The van der Waals surface area contributed by atoms with Crippen LogP contribution in [0.3, 0.4) is 0 Å². The molecule has 1 aliphatic heterocycles. The van der Waals surface area contributed by atoms with E-state index < -0.39 is 0 Å². The molecule has 0 fully saturated rings. The third-order valence-corrected chi connectivity index (χ3v) is 1.66. The Balaban J connectivity index is 2.67. The maximum Gasteiger partial charge on any atom is 0.205 e. The van der Waals surface area contributed by atoms with Crippen molar-refractivity contribution in [1.29, 1.82) is 0 Å². The Bertz CT molecular complexity index is 181. The summed E-state index contributed by atoms with van der Waals surface area (Å²) in [7, 11) is 1.94. The molecule has 64 valence electrons. The molecule has 0 aliphatic carbocycles. The highest BCUT2D eigenvalue weighted by atomic mass is 16.5. The molecule has 3 nitrogen and oxygen atoms in total. The summed E-state index contributed by atoms with van der Waals surface area (Å²) in [4.78, 5) is 0. The minimum atomic E-state index is 0.0856. The van der Waals surface area contributed by atoms with Crippen LogP contribution < -0.4 is 0 Å². The van der Waals surface area contributed by atoms with E-state index in [-0.39, 0.29) is 11.6 Å². The summed E-state index contributed by atoms with van der Waals surface area (Å²) >= 11 is 0. The monoisotopic (exact) mass is 156 g/mol. The van der Waals surface area contributed by atoms with Crippen molar-refractivity contribution in [3.05, 3.63) is 0 Å². The molecule has 0 spiro atoms. The zero-order valence-electron chi connectivity index (χ0n) is 7.88. The van der Waals surface area contributed by atoms with Crippen LogP contribution in [0, 0.1) is 5.41 Å². The molecule has 1 heterocycles. The van der Waals surface area contributed by atoms with Gasteiger partial charge in [-0.2, -0.15) is 0 Å². The molecule has 0 aromatic heterocycles. The van der Waals surface area contributed by atoms with E-state index in [0.717, 1.165) is 5.90 Å². The third-order valence-electron chi connectivity index (χ3n) is 1.66. The Hall–Kier alpha value is -0.730. The van der Waals surface area contributed by atoms with Crippen molar-refractivity contribution in [1.82, 2.24) is 5.01 Å². The van der Waals surface area contributed by atoms with Gasteiger partial charge in [-0.15, -0.1) is 5.10 Å². The first kappa shape index (κ1) is 8.37. The van der Waals surface area contributed by atoms with E-state index in [2.05, 4.69) is 25.9 Å². The molecule has 1 rings (SSSR count). The molecule has 0 saturated carbocycles. The van der Waals surface area contributed by atoms with Crippen molar-refractivity contribution < 1.29 is 4.74 Å². The van der Waals surface area contributed by atoms with Gasteiger partial charge in [0.05, 0.1) is 0 Å². The number of hydrazone groups is 1. The maximum absolute atomic E-state index is 5.51. The van der Waals surface area contributed by atoms with Crippen molar-refractivity contribution in [2.75, 3.05) is 7.05 Å². The predicted octanol–water partition coefficient (Wildman–Crippen LogP) is 1.65. The van der Waals surface area contributed by atoms with Crippen LogP contribution in [0.2, 0.25) is 0 Å². The third kappa shape index (κ3) is 1.64. The highest BCUT2D eigenvalue weighted by Crippen LogP contribution is 2.27. The molecule has 0 aromatic carbocycles. The summed E-state index contributed by atoms with van der Waals surface area (Å²) in [6.07, 6.45) is 0.0856. The lowest BCUT2D eigenvalue weighted by Gasteiger charge is -2.30. The van der Waals surface area contributed by atoms with Gasteiger partial charge in [0.2, 0.25) is 5.90 Å². The zero-order valence-corrected chi connectivity index (χ0v) is 7.88. The number of ether oxygens (including phenoxy) is 1. The summed E-state index contributed by atoms with van der Waals surface area (Å²) in [5.74, 6) is 0.757. The molecule has 1 aliphatic rings. The van der Waals surface area contributed by atoms with Crippen LogP contribution in [-0.4, -0.2) is 24.2 Å². The van der Waals surface area contributed by atoms with Crippen LogP contribution in [0.25, 0.3) is 0 Å². The van der Waals surface area contributed by atoms with Gasteiger partial charge in [0.25, 0.3) is 0 Å². The Morgan fingerprint density at radius 3 is 2.18 bits per heavy atom. The minimum absolute atomic E-state index is 0.0856. The lowest BCUT2D eigenvalue weighted by atomic mass is 9.94. The molecular formula is C8H16N2O. The number of hydrogen-bond donors (Lipinski definition) is 0. The Kier molecular flexibility index (Phi) is 1.82. The highest BCUT2D eigenvalue weighted by Gasteiger charge is 2.33. The standard InChI is InChI=1S/C8H16N2O/c1-6-9-10(5)7(11-6)8(2,3)4/h7H,1-5H3. The first-order chi connectivity index (χ1) is 4.91. The summed E-state index contributed by atoms with van der Waals surface area (Å²) in [5.41, 5.74) is 0.121. The van der Waals surface area contributed by atoms with Gasteiger partial charge in [0.1, 0.15) is 0 Å². The van der Waals surface area contributed by atoms with Crippen molar-refractivity contribution in [3.63, 3.8) is 0 Å². The topological polar surface area (TPSA) is 24.8 Å². The number of nitrogens with zero attached hydrogens (tertiary/aromatic N) is 2. The average molecular weight is 156 g/mol. The first-order valence-corrected chi connectivity index (χ1v) is 3.86. The molecule has 0 bridgehead atoms. The molecule has 1 unspecified atom stereocenters. The molecule has 1 atom stereocenters. The van der Waals surface area contributed by atoms with Gasteiger partial charge in [0.15, 0.2) is 6.23 Å². The van der Waals surface area contributed by atoms with E-state index in [1.165, 1.54) is 0 Å². The second-order valence-electron chi connectivity index (χ2n) is 4.03. The van der Waals surface area contributed by atoms with Crippen molar-refractivity contribution in [2.45, 2.75) is 33.9 Å². The van der Waals surface area contributed by atoms with Crippen molar-refractivity contribution >= 4 is 5.90 Å². The van der Waals surface area contributed by atoms with Crippen molar-refractivity contribution in [2.24, 2.45) is 10.5 Å². The molecule has 0 aromatic rings. The van der Waals surface area contributed by atoms with Gasteiger partial charge in [-0.3, -0.25) is 5.01 Å². The van der Waals surface area contributed by atoms with Crippen LogP contribution in [0.1, 0.15) is 27.7 Å². The maximum atomic E-state index is 5.51. The molecule has 0 radical (unpaired) electrons. The Morgan fingerprint density at radius 1 is 1.45 bits per heavy atom. The molecule has 0 N–H and O–H groups in total. The zero-order chi connectivity index (χ0) is 8.65. The number of hydrogen-bond acceptors (Lipinski definition) is 3. The van der Waals surface area contributed by atoms with Gasteiger partial charge < -0.3 is 4.74 Å². The average Bonchev–Trinajstić information content (AvgIpc) is 2.08. The minimum Gasteiger partial charge on any atom is -0.454 e. The van der Waals surface area contributed by atoms with E-state index in [1.807, 2.05) is 19.0 Å². The summed E-state index contributed by atoms with van der Waals surface area (Å²) < 4.78 is 5.51. The highest BCUT2D eigenvalue weighted by molar-refractivity contribution is 5.74. The fourth-order valence-corrected chi connectivity index (χ4v) is 1.27. The van der Waals surface area contributed by atoms with E-state index in [1.54, 1.807) is 0 Å². The Labute approximate surface area is 68.0 Å². The first-order valence-electron chi connectivity index (χ1n) is 3.86. The van der Waals surface area contributed by atoms with Crippen LogP contribution in [0.4, 0.5) is 0 Å². The van der Waals surface area contributed by atoms with Crippen LogP contribution in [-0.2, 0) is 4.74 Å². The summed E-state index contributed by atoms with van der Waals surface area (Å²) in [5, 5.41) is 6.03. The van der Waals surface area contributed by atoms with Gasteiger partial charge in [-0.05, 0) is 0 Å². The molecule has 3 heteroatoms. The molecule has 0 saturated heterocycles. The van der Waals surface area contributed by atoms with E-state index in [0.29, 0.717) is 0 Å². The summed E-state index contributed by atoms with van der Waals surface area (Å²) in [6, 6.07) is 0. The van der Waals surface area contributed by atoms with Crippen LogP contribution in [0.5, 0.6) is 0 Å². The predicted molar refractivity (Wildman–Crippen MR) is 45.2 cm³/mol. The lowest BCUT2D eigenvalue weighted by molar-refractivity contribution is -0.0144. The molecular weight excluding hydrogens is 140 g/mol. The fourth-order valence-electron chi connectivity index (χ4n) is 1.27. The van der Waals surface area contributed by atoms with Crippen LogP contribution >= 0.6 is 0 Å². The quantitative estimate of drug-likeness (QED) is 0.532. The van der Waals surface area contributed by atoms with Gasteiger partial charge >= 0.3 is 0 Å². The van der Waals surface area contributed by atoms with Crippen LogP contribution in [0.15, 0.2) is 5.10 Å². The second-order valence-corrected chi connectivity index (χ2v) is 4.03. The van der Waals surface area contributed by atoms with Gasteiger partial charge in [-0.25, -0.2) is 0 Å². The lowest BCUT2D eigenvalue weighted by Crippen LogP contribution is -2.37. The number of rotatable bonds is 0. The molecule has 11 heavy (non-hydrogen) atoms. The fraction of sp³-hybridized carbons (Fsp3) is 0.875. The van der Waals surface area contributed by atoms with E-state index in [9.17, 15) is 0 Å². The van der Waals surface area contributed by atoms with Gasteiger partial charge in [-0.1, -0.05) is 20.8 Å². The SMILES string of the molecule is CC1=NN(C)C(C(C)(C)C)O1. The summed E-state index contributed by atoms with van der Waals surface area (Å²) in [6.45, 7) is 8.30. The van der Waals surface area contributed by atoms with E-state index in [4.69, 9.17) is 4.74 Å². The van der Waals surface area contributed by atoms with Crippen molar-refractivity contribution in [3.8, 4) is 0 Å². The normalized spacial score (nSPS) is 25.0. The smallest absolute Gasteiger partial charge is 0.205 e. The second kappa shape index (κ2) is 2.40.